The van der Waals surface area contributed by atoms with Gasteiger partial charge < -0.3 is 15.1 Å². The second-order valence-corrected chi connectivity index (χ2v) is 5.05. The van der Waals surface area contributed by atoms with Gasteiger partial charge in [0.1, 0.15) is 5.76 Å². The number of carbonyl (C=O) groups is 1. The summed E-state index contributed by atoms with van der Waals surface area (Å²) >= 11 is 0. The van der Waals surface area contributed by atoms with Gasteiger partial charge in [-0.25, -0.2) is 9.97 Å². The highest BCUT2D eigenvalue weighted by Gasteiger charge is 2.08. The van der Waals surface area contributed by atoms with Crippen molar-refractivity contribution in [2.75, 3.05) is 10.6 Å². The number of aryl methyl sites for hydroxylation is 1. The maximum absolute atomic E-state index is 12.1. The van der Waals surface area contributed by atoms with Crippen molar-refractivity contribution in [2.45, 2.75) is 13.5 Å². The Morgan fingerprint density at radius 2 is 1.87 bits per heavy atom. The van der Waals surface area contributed by atoms with Crippen LogP contribution in [-0.4, -0.2) is 15.9 Å². The van der Waals surface area contributed by atoms with Crippen molar-refractivity contribution >= 4 is 17.5 Å². The zero-order valence-corrected chi connectivity index (χ0v) is 12.6. The Labute approximate surface area is 133 Å². The molecule has 0 aliphatic heterocycles. The Morgan fingerprint density at radius 3 is 2.52 bits per heavy atom. The summed E-state index contributed by atoms with van der Waals surface area (Å²) in [5.74, 6) is 0.981. The molecule has 0 unspecified atom stereocenters. The minimum absolute atomic E-state index is 0.244. The van der Waals surface area contributed by atoms with E-state index in [2.05, 4.69) is 20.6 Å². The zero-order chi connectivity index (χ0) is 16.1. The van der Waals surface area contributed by atoms with Crippen molar-refractivity contribution < 1.29 is 9.21 Å². The molecule has 0 aliphatic rings. The second-order valence-electron chi connectivity index (χ2n) is 5.05. The highest BCUT2D eigenvalue weighted by Crippen LogP contribution is 2.11. The number of hydrogen-bond acceptors (Lipinski definition) is 5. The SMILES string of the molecule is Cc1ccc(NC(=O)c2cnc(NCc3ccco3)nc2)cc1. The maximum atomic E-state index is 12.1. The van der Waals surface area contributed by atoms with Gasteiger partial charge in [0.15, 0.2) is 0 Å². The molecule has 2 N–H and O–H groups in total. The van der Waals surface area contributed by atoms with Crippen molar-refractivity contribution in [3.63, 3.8) is 0 Å². The van der Waals surface area contributed by atoms with Gasteiger partial charge in [-0.05, 0) is 31.2 Å². The Morgan fingerprint density at radius 1 is 1.13 bits per heavy atom. The van der Waals surface area contributed by atoms with Crippen LogP contribution in [0.1, 0.15) is 21.7 Å². The molecule has 3 aromatic rings. The van der Waals surface area contributed by atoms with Gasteiger partial charge in [0.25, 0.3) is 5.91 Å². The smallest absolute Gasteiger partial charge is 0.258 e. The van der Waals surface area contributed by atoms with Crippen LogP contribution in [-0.2, 0) is 6.54 Å². The molecule has 1 amide bonds. The van der Waals surface area contributed by atoms with E-state index < -0.39 is 0 Å². The lowest BCUT2D eigenvalue weighted by Gasteiger charge is -2.06. The van der Waals surface area contributed by atoms with Gasteiger partial charge in [-0.15, -0.1) is 0 Å². The van der Waals surface area contributed by atoms with Gasteiger partial charge in [0.2, 0.25) is 5.95 Å². The van der Waals surface area contributed by atoms with Crippen molar-refractivity contribution in [2.24, 2.45) is 0 Å². The van der Waals surface area contributed by atoms with E-state index in [0.717, 1.165) is 17.0 Å². The third-order valence-electron chi connectivity index (χ3n) is 3.22. The number of aromatic nitrogens is 2. The molecular weight excluding hydrogens is 292 g/mol. The third kappa shape index (κ3) is 3.94. The summed E-state index contributed by atoms with van der Waals surface area (Å²) in [5, 5.41) is 5.83. The quantitative estimate of drug-likeness (QED) is 0.756. The van der Waals surface area contributed by atoms with E-state index in [9.17, 15) is 4.79 Å². The Balaban J connectivity index is 1.59. The molecular formula is C17H16N4O2. The van der Waals surface area contributed by atoms with Crippen LogP contribution in [0.5, 0.6) is 0 Å². The van der Waals surface area contributed by atoms with Crippen LogP contribution in [0.4, 0.5) is 11.6 Å². The number of nitrogens with zero attached hydrogens (tertiary/aromatic N) is 2. The molecule has 0 saturated heterocycles. The highest BCUT2D eigenvalue weighted by atomic mass is 16.3. The average molecular weight is 308 g/mol. The molecule has 0 radical (unpaired) electrons. The van der Waals surface area contributed by atoms with Crippen molar-refractivity contribution in [3.05, 3.63) is 71.9 Å². The Hall–Kier alpha value is -3.15. The molecule has 2 heterocycles. The fraction of sp³-hybridized carbons (Fsp3) is 0.118. The summed E-state index contributed by atoms with van der Waals surface area (Å²) in [5.41, 5.74) is 2.27. The number of benzene rings is 1. The minimum atomic E-state index is -0.244. The first-order chi connectivity index (χ1) is 11.2. The number of anilines is 2. The van der Waals surface area contributed by atoms with Crippen LogP contribution in [0.3, 0.4) is 0 Å². The summed E-state index contributed by atoms with van der Waals surface area (Å²) in [6, 6.07) is 11.3. The van der Waals surface area contributed by atoms with E-state index in [1.54, 1.807) is 6.26 Å². The van der Waals surface area contributed by atoms with Crippen molar-refractivity contribution in [1.29, 1.82) is 0 Å². The molecule has 1 aromatic carbocycles. The van der Waals surface area contributed by atoms with Gasteiger partial charge in [-0.3, -0.25) is 4.79 Å². The molecule has 3 rings (SSSR count). The van der Waals surface area contributed by atoms with E-state index in [1.165, 1.54) is 12.4 Å². The first-order valence-electron chi connectivity index (χ1n) is 7.17. The summed E-state index contributed by atoms with van der Waals surface area (Å²) in [6.45, 7) is 2.48. The number of rotatable bonds is 5. The third-order valence-corrected chi connectivity index (χ3v) is 3.22. The average Bonchev–Trinajstić information content (AvgIpc) is 3.09. The van der Waals surface area contributed by atoms with Crippen LogP contribution >= 0.6 is 0 Å². The number of carbonyl (C=O) groups excluding carboxylic acids is 1. The molecule has 0 aliphatic carbocycles. The standard InChI is InChI=1S/C17H16N4O2/c1-12-4-6-14(7-5-12)21-16(22)13-9-18-17(19-10-13)20-11-15-3-2-8-23-15/h2-10H,11H2,1H3,(H,21,22)(H,18,19,20). The van der Waals surface area contributed by atoms with E-state index in [1.807, 2.05) is 43.3 Å². The molecule has 6 heteroatoms. The molecule has 6 nitrogen and oxygen atoms in total. The zero-order valence-electron chi connectivity index (χ0n) is 12.6. The largest absolute Gasteiger partial charge is 0.467 e. The van der Waals surface area contributed by atoms with Crippen LogP contribution < -0.4 is 10.6 Å². The molecule has 23 heavy (non-hydrogen) atoms. The van der Waals surface area contributed by atoms with E-state index in [4.69, 9.17) is 4.42 Å². The summed E-state index contributed by atoms with van der Waals surface area (Å²) in [6.07, 6.45) is 4.58. The number of hydrogen-bond donors (Lipinski definition) is 2. The van der Waals surface area contributed by atoms with E-state index >= 15 is 0 Å². The fourth-order valence-electron chi connectivity index (χ4n) is 1.96. The summed E-state index contributed by atoms with van der Waals surface area (Å²) in [4.78, 5) is 20.4. The minimum Gasteiger partial charge on any atom is -0.467 e. The Bertz CT molecular complexity index is 765. The second kappa shape index (κ2) is 6.74. The molecule has 0 atom stereocenters. The molecule has 116 valence electrons. The van der Waals surface area contributed by atoms with Gasteiger partial charge in [-0.1, -0.05) is 17.7 Å². The van der Waals surface area contributed by atoms with Crippen molar-refractivity contribution in [1.82, 2.24) is 9.97 Å². The lowest BCUT2D eigenvalue weighted by Crippen LogP contribution is -2.13. The number of amides is 1. The predicted octanol–water partition coefficient (Wildman–Crippen LogP) is 3.24. The van der Waals surface area contributed by atoms with E-state index in [-0.39, 0.29) is 5.91 Å². The van der Waals surface area contributed by atoms with Gasteiger partial charge in [-0.2, -0.15) is 0 Å². The lowest BCUT2D eigenvalue weighted by molar-refractivity contribution is 0.102. The van der Waals surface area contributed by atoms with Crippen LogP contribution in [0, 0.1) is 6.92 Å². The molecule has 0 saturated carbocycles. The fourth-order valence-corrected chi connectivity index (χ4v) is 1.96. The molecule has 0 bridgehead atoms. The molecule has 0 spiro atoms. The highest BCUT2D eigenvalue weighted by molar-refractivity contribution is 6.03. The summed E-state index contributed by atoms with van der Waals surface area (Å²) < 4.78 is 5.21. The Kier molecular flexibility index (Phi) is 4.33. The first-order valence-corrected chi connectivity index (χ1v) is 7.17. The monoisotopic (exact) mass is 308 g/mol. The molecule has 0 fully saturated rings. The van der Waals surface area contributed by atoms with Gasteiger partial charge in [0, 0.05) is 18.1 Å². The first kappa shape index (κ1) is 14.8. The van der Waals surface area contributed by atoms with Crippen LogP contribution in [0.15, 0.2) is 59.5 Å². The predicted molar refractivity (Wildman–Crippen MR) is 87.2 cm³/mol. The molecule has 2 aromatic heterocycles. The van der Waals surface area contributed by atoms with Crippen molar-refractivity contribution in [3.8, 4) is 0 Å². The number of furan rings is 1. The summed E-state index contributed by atoms with van der Waals surface area (Å²) in [7, 11) is 0. The van der Waals surface area contributed by atoms with Gasteiger partial charge in [0.05, 0.1) is 18.4 Å². The van der Waals surface area contributed by atoms with Crippen LogP contribution in [0.25, 0.3) is 0 Å². The number of nitrogens with one attached hydrogen (secondary N) is 2. The maximum Gasteiger partial charge on any atom is 0.258 e. The van der Waals surface area contributed by atoms with Gasteiger partial charge >= 0.3 is 0 Å². The lowest BCUT2D eigenvalue weighted by atomic mass is 10.2. The van der Waals surface area contributed by atoms with E-state index in [0.29, 0.717) is 18.1 Å². The normalized spacial score (nSPS) is 10.3. The topological polar surface area (TPSA) is 80.0 Å². The van der Waals surface area contributed by atoms with Crippen LogP contribution in [0.2, 0.25) is 0 Å².